The summed E-state index contributed by atoms with van der Waals surface area (Å²) in [6.07, 6.45) is 1.99. The minimum Gasteiger partial charge on any atom is -0.493 e. The highest BCUT2D eigenvalue weighted by molar-refractivity contribution is 6.30. The number of amides is 1. The van der Waals surface area contributed by atoms with E-state index in [0.29, 0.717) is 18.1 Å². The molecular formula is C22H28ClNO3. The number of benzene rings is 2. The minimum atomic E-state index is -0.0499. The molecule has 4 nitrogen and oxygen atoms in total. The van der Waals surface area contributed by atoms with E-state index in [-0.39, 0.29) is 17.9 Å². The molecule has 2 rings (SSSR count). The van der Waals surface area contributed by atoms with E-state index in [2.05, 4.69) is 26.1 Å². The number of unbranched alkanes of at least 4 members (excludes halogenated alkanes) is 1. The fraction of sp³-hybridized carbons (Fsp3) is 0.409. The van der Waals surface area contributed by atoms with Crippen LogP contribution in [0.15, 0.2) is 42.5 Å². The first-order chi connectivity index (χ1) is 12.8. The maximum absolute atomic E-state index is 12.0. The highest BCUT2D eigenvalue weighted by Gasteiger charge is 2.19. The Morgan fingerprint density at radius 1 is 1.11 bits per heavy atom. The van der Waals surface area contributed by atoms with Crippen LogP contribution in [0, 0.1) is 0 Å². The quantitative estimate of drug-likeness (QED) is 0.601. The Kier molecular flexibility index (Phi) is 7.69. The maximum Gasteiger partial charge on any atom is 0.224 e. The third-order valence-electron chi connectivity index (χ3n) is 4.23. The summed E-state index contributed by atoms with van der Waals surface area (Å²) < 4.78 is 5.93. The Morgan fingerprint density at radius 3 is 2.44 bits per heavy atom. The number of carbonyl (C=O) groups excluding carboxylic acids is 1. The predicted octanol–water partition coefficient (Wildman–Crippen LogP) is 5.32. The molecule has 0 aliphatic carbocycles. The zero-order valence-electron chi connectivity index (χ0n) is 16.2. The van der Waals surface area contributed by atoms with Gasteiger partial charge in [0.2, 0.25) is 5.91 Å². The summed E-state index contributed by atoms with van der Waals surface area (Å²) in [5.74, 6) is 0.828. The standard InChI is InChI=1S/C22H28ClNO3/c1-22(2,3)19-14-17(23)9-12-20(19)27-13-5-4-6-21(26)24-18-10-7-16(15-25)8-11-18/h7-12,14,25H,4-6,13,15H2,1-3H3,(H,24,26). The molecule has 0 radical (unpaired) electrons. The van der Waals surface area contributed by atoms with Crippen molar-refractivity contribution in [2.24, 2.45) is 0 Å². The third-order valence-corrected chi connectivity index (χ3v) is 4.46. The van der Waals surface area contributed by atoms with E-state index in [0.717, 1.165) is 35.4 Å². The zero-order valence-corrected chi connectivity index (χ0v) is 17.0. The Bertz CT molecular complexity index is 751. The van der Waals surface area contributed by atoms with Gasteiger partial charge in [-0.15, -0.1) is 0 Å². The topological polar surface area (TPSA) is 58.6 Å². The summed E-state index contributed by atoms with van der Waals surface area (Å²) in [6.45, 7) is 6.94. The molecule has 2 aromatic carbocycles. The average molecular weight is 390 g/mol. The van der Waals surface area contributed by atoms with Crippen molar-refractivity contribution < 1.29 is 14.6 Å². The van der Waals surface area contributed by atoms with Crippen LogP contribution >= 0.6 is 11.6 Å². The molecule has 0 heterocycles. The highest BCUT2D eigenvalue weighted by atomic mass is 35.5. The lowest BCUT2D eigenvalue weighted by Gasteiger charge is -2.23. The van der Waals surface area contributed by atoms with Crippen LogP contribution in [0.25, 0.3) is 0 Å². The molecule has 5 heteroatoms. The van der Waals surface area contributed by atoms with Gasteiger partial charge in [0, 0.05) is 22.7 Å². The van der Waals surface area contributed by atoms with Crippen LogP contribution in [-0.4, -0.2) is 17.6 Å². The van der Waals surface area contributed by atoms with Crippen LogP contribution in [0.1, 0.15) is 51.2 Å². The summed E-state index contributed by atoms with van der Waals surface area (Å²) in [5, 5.41) is 12.6. The summed E-state index contributed by atoms with van der Waals surface area (Å²) in [7, 11) is 0. The largest absolute Gasteiger partial charge is 0.493 e. The van der Waals surface area contributed by atoms with E-state index < -0.39 is 0 Å². The summed E-state index contributed by atoms with van der Waals surface area (Å²) in [5.41, 5.74) is 2.59. The second-order valence-corrected chi connectivity index (χ2v) is 8.04. The first-order valence-electron chi connectivity index (χ1n) is 9.22. The average Bonchev–Trinajstić information content (AvgIpc) is 2.62. The van der Waals surface area contributed by atoms with Crippen LogP contribution in [-0.2, 0) is 16.8 Å². The molecule has 0 aromatic heterocycles. The molecule has 146 valence electrons. The Morgan fingerprint density at radius 2 is 1.81 bits per heavy atom. The molecule has 27 heavy (non-hydrogen) atoms. The van der Waals surface area contributed by atoms with E-state index in [4.69, 9.17) is 21.4 Å². The van der Waals surface area contributed by atoms with Crippen molar-refractivity contribution in [1.29, 1.82) is 0 Å². The molecule has 0 saturated heterocycles. The van der Waals surface area contributed by atoms with Crippen LogP contribution in [0.5, 0.6) is 5.75 Å². The fourth-order valence-electron chi connectivity index (χ4n) is 2.70. The van der Waals surface area contributed by atoms with E-state index in [9.17, 15) is 4.79 Å². The Hall–Kier alpha value is -2.04. The van der Waals surface area contributed by atoms with Crippen molar-refractivity contribution in [3.05, 3.63) is 58.6 Å². The number of rotatable bonds is 8. The summed E-state index contributed by atoms with van der Waals surface area (Å²) >= 11 is 6.11. The van der Waals surface area contributed by atoms with Gasteiger partial charge in [-0.05, 0) is 54.2 Å². The third kappa shape index (κ3) is 6.89. The van der Waals surface area contributed by atoms with Crippen molar-refractivity contribution in [2.45, 2.75) is 52.1 Å². The first-order valence-corrected chi connectivity index (χ1v) is 9.60. The van der Waals surface area contributed by atoms with Crippen LogP contribution in [0.2, 0.25) is 5.02 Å². The van der Waals surface area contributed by atoms with Crippen molar-refractivity contribution >= 4 is 23.2 Å². The smallest absolute Gasteiger partial charge is 0.224 e. The highest BCUT2D eigenvalue weighted by Crippen LogP contribution is 2.33. The molecule has 1 amide bonds. The van der Waals surface area contributed by atoms with Gasteiger partial charge in [0.05, 0.1) is 13.2 Å². The molecular weight excluding hydrogens is 362 g/mol. The zero-order chi connectivity index (χ0) is 19.9. The number of aliphatic hydroxyl groups is 1. The molecule has 0 spiro atoms. The lowest BCUT2D eigenvalue weighted by Crippen LogP contribution is -2.14. The molecule has 0 bridgehead atoms. The van der Waals surface area contributed by atoms with Crippen LogP contribution in [0.3, 0.4) is 0 Å². The summed E-state index contributed by atoms with van der Waals surface area (Å²) in [6, 6.07) is 12.9. The van der Waals surface area contributed by atoms with Gasteiger partial charge < -0.3 is 15.2 Å². The molecule has 0 saturated carbocycles. The van der Waals surface area contributed by atoms with Gasteiger partial charge in [0.25, 0.3) is 0 Å². The molecule has 0 unspecified atom stereocenters. The number of hydrogen-bond acceptors (Lipinski definition) is 3. The summed E-state index contributed by atoms with van der Waals surface area (Å²) in [4.78, 5) is 12.0. The molecule has 0 aliphatic rings. The van der Waals surface area contributed by atoms with Gasteiger partial charge >= 0.3 is 0 Å². The second kappa shape index (κ2) is 9.77. The monoisotopic (exact) mass is 389 g/mol. The van der Waals surface area contributed by atoms with Gasteiger partial charge in [-0.25, -0.2) is 0 Å². The predicted molar refractivity (Wildman–Crippen MR) is 110 cm³/mol. The number of carbonyl (C=O) groups is 1. The number of halogens is 1. The van der Waals surface area contributed by atoms with Gasteiger partial charge in [-0.3, -0.25) is 4.79 Å². The molecule has 2 aromatic rings. The van der Waals surface area contributed by atoms with E-state index in [1.165, 1.54) is 0 Å². The van der Waals surface area contributed by atoms with Crippen LogP contribution in [0.4, 0.5) is 5.69 Å². The number of ether oxygens (including phenoxy) is 1. The maximum atomic E-state index is 12.0. The molecule has 0 atom stereocenters. The lowest BCUT2D eigenvalue weighted by molar-refractivity contribution is -0.116. The van der Waals surface area contributed by atoms with Crippen molar-refractivity contribution in [3.63, 3.8) is 0 Å². The van der Waals surface area contributed by atoms with Crippen molar-refractivity contribution in [2.75, 3.05) is 11.9 Å². The molecule has 0 aliphatic heterocycles. The normalized spacial score (nSPS) is 11.3. The van der Waals surface area contributed by atoms with E-state index >= 15 is 0 Å². The number of anilines is 1. The Balaban J connectivity index is 1.75. The van der Waals surface area contributed by atoms with Gasteiger partial charge in [-0.2, -0.15) is 0 Å². The van der Waals surface area contributed by atoms with Crippen LogP contribution < -0.4 is 10.1 Å². The van der Waals surface area contributed by atoms with E-state index in [1.807, 2.05) is 18.2 Å². The minimum absolute atomic E-state index is 0.00122. The van der Waals surface area contributed by atoms with Gasteiger partial charge in [-0.1, -0.05) is 44.5 Å². The lowest BCUT2D eigenvalue weighted by atomic mass is 9.86. The van der Waals surface area contributed by atoms with Gasteiger partial charge in [0.1, 0.15) is 5.75 Å². The number of aliphatic hydroxyl groups excluding tert-OH is 1. The molecule has 0 fully saturated rings. The van der Waals surface area contributed by atoms with Crippen molar-refractivity contribution in [3.8, 4) is 5.75 Å². The fourth-order valence-corrected chi connectivity index (χ4v) is 2.87. The van der Waals surface area contributed by atoms with Crippen molar-refractivity contribution in [1.82, 2.24) is 0 Å². The second-order valence-electron chi connectivity index (χ2n) is 7.60. The number of nitrogens with one attached hydrogen (secondary N) is 1. The SMILES string of the molecule is CC(C)(C)c1cc(Cl)ccc1OCCCCC(=O)Nc1ccc(CO)cc1. The number of hydrogen-bond donors (Lipinski definition) is 2. The first kappa shape index (κ1) is 21.3. The van der Waals surface area contributed by atoms with Gasteiger partial charge in [0.15, 0.2) is 0 Å². The Labute approximate surface area is 166 Å². The molecule has 2 N–H and O–H groups in total. The van der Waals surface area contributed by atoms with E-state index in [1.54, 1.807) is 24.3 Å².